The standard InChI is InChI=1S/C13H17BrFN5/c1-8(2)20-13(17-7-18-20)6-12(19-16)10-4-3-9(15)5-11(10)14/h3-5,7-8,12,19H,6,16H2,1-2H3. The van der Waals surface area contributed by atoms with Crippen molar-refractivity contribution in [3.63, 3.8) is 0 Å². The van der Waals surface area contributed by atoms with Gasteiger partial charge in [0, 0.05) is 16.9 Å². The van der Waals surface area contributed by atoms with Crippen LogP contribution in [0.4, 0.5) is 4.39 Å². The summed E-state index contributed by atoms with van der Waals surface area (Å²) in [6, 6.07) is 4.60. The summed E-state index contributed by atoms with van der Waals surface area (Å²) in [4.78, 5) is 4.26. The van der Waals surface area contributed by atoms with Gasteiger partial charge in [-0.25, -0.2) is 14.1 Å². The van der Waals surface area contributed by atoms with Crippen molar-refractivity contribution in [2.75, 3.05) is 0 Å². The van der Waals surface area contributed by atoms with Crippen molar-refractivity contribution in [1.29, 1.82) is 0 Å². The van der Waals surface area contributed by atoms with Gasteiger partial charge < -0.3 is 0 Å². The molecule has 0 bridgehead atoms. The minimum absolute atomic E-state index is 0.174. The van der Waals surface area contributed by atoms with Crippen LogP contribution in [0.25, 0.3) is 0 Å². The Hall–Kier alpha value is -1.31. The van der Waals surface area contributed by atoms with Crippen LogP contribution < -0.4 is 11.3 Å². The molecule has 0 radical (unpaired) electrons. The molecule has 3 N–H and O–H groups in total. The zero-order valence-electron chi connectivity index (χ0n) is 11.3. The van der Waals surface area contributed by atoms with Crippen molar-refractivity contribution in [2.24, 2.45) is 5.84 Å². The predicted molar refractivity (Wildman–Crippen MR) is 78.3 cm³/mol. The van der Waals surface area contributed by atoms with Gasteiger partial charge >= 0.3 is 0 Å². The summed E-state index contributed by atoms with van der Waals surface area (Å²) in [5.41, 5.74) is 3.63. The second-order valence-electron chi connectivity index (χ2n) is 4.80. The van der Waals surface area contributed by atoms with Crippen LogP contribution in [-0.2, 0) is 6.42 Å². The normalized spacial score (nSPS) is 12.9. The summed E-state index contributed by atoms with van der Waals surface area (Å²) in [5, 5.41) is 4.20. The van der Waals surface area contributed by atoms with Crippen LogP contribution in [0.5, 0.6) is 0 Å². The van der Waals surface area contributed by atoms with Gasteiger partial charge in [0.2, 0.25) is 0 Å². The molecule has 0 spiro atoms. The van der Waals surface area contributed by atoms with Crippen LogP contribution >= 0.6 is 15.9 Å². The number of nitrogens with zero attached hydrogens (tertiary/aromatic N) is 3. The highest BCUT2D eigenvalue weighted by atomic mass is 79.9. The molecule has 0 aliphatic heterocycles. The minimum atomic E-state index is -0.290. The van der Waals surface area contributed by atoms with E-state index in [2.05, 4.69) is 31.4 Å². The fourth-order valence-corrected chi connectivity index (χ4v) is 2.70. The number of nitrogens with two attached hydrogens (primary N) is 1. The van der Waals surface area contributed by atoms with Crippen molar-refractivity contribution in [2.45, 2.75) is 32.4 Å². The molecule has 5 nitrogen and oxygen atoms in total. The van der Waals surface area contributed by atoms with Gasteiger partial charge in [-0.2, -0.15) is 5.10 Å². The highest BCUT2D eigenvalue weighted by Gasteiger charge is 2.18. The zero-order chi connectivity index (χ0) is 14.7. The van der Waals surface area contributed by atoms with Crippen molar-refractivity contribution in [3.05, 3.63) is 46.2 Å². The Labute approximate surface area is 125 Å². The smallest absolute Gasteiger partial charge is 0.138 e. The van der Waals surface area contributed by atoms with Crippen molar-refractivity contribution >= 4 is 15.9 Å². The molecule has 20 heavy (non-hydrogen) atoms. The third-order valence-electron chi connectivity index (χ3n) is 3.06. The van der Waals surface area contributed by atoms with E-state index in [0.29, 0.717) is 10.9 Å². The van der Waals surface area contributed by atoms with E-state index in [4.69, 9.17) is 5.84 Å². The molecule has 0 aliphatic carbocycles. The minimum Gasteiger partial charge on any atom is -0.271 e. The van der Waals surface area contributed by atoms with Gasteiger partial charge in [-0.1, -0.05) is 22.0 Å². The van der Waals surface area contributed by atoms with E-state index in [1.54, 1.807) is 6.07 Å². The highest BCUT2D eigenvalue weighted by molar-refractivity contribution is 9.10. The molecular formula is C13H17BrFN5. The number of hydrogen-bond donors (Lipinski definition) is 2. The lowest BCUT2D eigenvalue weighted by molar-refractivity contribution is 0.467. The topological polar surface area (TPSA) is 68.8 Å². The number of halogens is 2. The summed E-state index contributed by atoms with van der Waals surface area (Å²) in [6.45, 7) is 4.08. The number of benzene rings is 1. The Balaban J connectivity index is 2.27. The third-order valence-corrected chi connectivity index (χ3v) is 3.75. The molecule has 2 aromatic rings. The lowest BCUT2D eigenvalue weighted by atomic mass is 10.0. The molecule has 0 amide bonds. The lowest BCUT2D eigenvalue weighted by Gasteiger charge is -2.18. The van der Waals surface area contributed by atoms with E-state index in [0.717, 1.165) is 11.4 Å². The van der Waals surface area contributed by atoms with Crippen LogP contribution in [0.1, 0.15) is 37.3 Å². The number of hydrogen-bond acceptors (Lipinski definition) is 4. The summed E-state index contributed by atoms with van der Waals surface area (Å²) >= 11 is 3.36. The van der Waals surface area contributed by atoms with E-state index in [9.17, 15) is 4.39 Å². The number of nitrogens with one attached hydrogen (secondary N) is 1. The molecule has 2 rings (SSSR count). The molecule has 1 heterocycles. The Morgan fingerprint density at radius 2 is 2.20 bits per heavy atom. The SMILES string of the molecule is CC(C)n1ncnc1CC(NN)c1ccc(F)cc1Br. The average Bonchev–Trinajstić information content (AvgIpc) is 2.85. The molecule has 1 unspecified atom stereocenters. The number of hydrazine groups is 1. The maximum Gasteiger partial charge on any atom is 0.138 e. The summed E-state index contributed by atoms with van der Waals surface area (Å²) in [7, 11) is 0. The highest BCUT2D eigenvalue weighted by Crippen LogP contribution is 2.26. The second kappa shape index (κ2) is 6.43. The molecule has 7 heteroatoms. The Bertz CT molecular complexity index is 584. The van der Waals surface area contributed by atoms with Crippen molar-refractivity contribution < 1.29 is 4.39 Å². The Morgan fingerprint density at radius 1 is 1.45 bits per heavy atom. The Morgan fingerprint density at radius 3 is 2.80 bits per heavy atom. The van der Waals surface area contributed by atoms with Crippen molar-refractivity contribution in [1.82, 2.24) is 20.2 Å². The number of rotatable bonds is 5. The van der Waals surface area contributed by atoms with Gasteiger partial charge in [-0.3, -0.25) is 11.3 Å². The van der Waals surface area contributed by atoms with Crippen LogP contribution in [0.15, 0.2) is 29.0 Å². The van der Waals surface area contributed by atoms with Crippen molar-refractivity contribution in [3.8, 4) is 0 Å². The quantitative estimate of drug-likeness (QED) is 0.647. The monoisotopic (exact) mass is 341 g/mol. The Kier molecular flexibility index (Phi) is 4.85. The summed E-state index contributed by atoms with van der Waals surface area (Å²) in [5.74, 6) is 6.17. The number of aromatic nitrogens is 3. The fourth-order valence-electron chi connectivity index (χ4n) is 2.08. The van der Waals surface area contributed by atoms with Gasteiger partial charge in [0.1, 0.15) is 18.0 Å². The second-order valence-corrected chi connectivity index (χ2v) is 5.66. The molecular weight excluding hydrogens is 325 g/mol. The van der Waals surface area contributed by atoms with Gasteiger partial charge in [-0.05, 0) is 31.5 Å². The van der Waals surface area contributed by atoms with E-state index >= 15 is 0 Å². The van der Waals surface area contributed by atoms with Crippen LogP contribution in [0.2, 0.25) is 0 Å². The summed E-state index contributed by atoms with van der Waals surface area (Å²) < 4.78 is 15.7. The molecule has 0 saturated heterocycles. The van der Waals surface area contributed by atoms with Gasteiger partial charge in [0.05, 0.1) is 6.04 Å². The first kappa shape index (κ1) is 15.1. The van der Waals surface area contributed by atoms with Crippen LogP contribution in [0.3, 0.4) is 0 Å². The first-order valence-electron chi connectivity index (χ1n) is 6.32. The van der Waals surface area contributed by atoms with Crippen LogP contribution in [0, 0.1) is 5.82 Å². The largest absolute Gasteiger partial charge is 0.271 e. The molecule has 1 atom stereocenters. The van der Waals surface area contributed by atoms with Crippen LogP contribution in [-0.4, -0.2) is 14.8 Å². The van der Waals surface area contributed by atoms with E-state index in [1.165, 1.54) is 18.5 Å². The molecule has 0 aliphatic rings. The fraction of sp³-hybridized carbons (Fsp3) is 0.385. The molecule has 0 saturated carbocycles. The third kappa shape index (κ3) is 3.23. The maximum absolute atomic E-state index is 13.2. The van der Waals surface area contributed by atoms with Gasteiger partial charge in [0.25, 0.3) is 0 Å². The predicted octanol–water partition coefficient (Wildman–Crippen LogP) is 2.51. The lowest BCUT2D eigenvalue weighted by Crippen LogP contribution is -2.31. The van der Waals surface area contributed by atoms with Gasteiger partial charge in [0.15, 0.2) is 0 Å². The maximum atomic E-state index is 13.2. The molecule has 1 aromatic heterocycles. The van der Waals surface area contributed by atoms with E-state index in [-0.39, 0.29) is 17.9 Å². The first-order valence-corrected chi connectivity index (χ1v) is 7.11. The summed E-state index contributed by atoms with van der Waals surface area (Å²) in [6.07, 6.45) is 2.10. The average molecular weight is 342 g/mol. The zero-order valence-corrected chi connectivity index (χ0v) is 12.9. The van der Waals surface area contributed by atoms with E-state index in [1.807, 2.05) is 18.5 Å². The van der Waals surface area contributed by atoms with E-state index < -0.39 is 0 Å². The molecule has 1 aromatic carbocycles. The molecule has 0 fully saturated rings. The molecule has 108 valence electrons. The first-order chi connectivity index (χ1) is 9.52. The van der Waals surface area contributed by atoms with Gasteiger partial charge in [-0.15, -0.1) is 0 Å².